The third-order valence-corrected chi connectivity index (χ3v) is 3.18. The van der Waals surface area contributed by atoms with Crippen molar-refractivity contribution in [2.24, 2.45) is 0 Å². The van der Waals surface area contributed by atoms with Crippen LogP contribution in [0.2, 0.25) is 0 Å². The van der Waals surface area contributed by atoms with Crippen molar-refractivity contribution in [3.05, 3.63) is 35.4 Å². The first-order valence-electron chi connectivity index (χ1n) is 5.64. The molecule has 0 heterocycles. The molecular formula is C13H21NO. The first-order chi connectivity index (χ1) is 7.18. The van der Waals surface area contributed by atoms with Crippen LogP contribution in [0.15, 0.2) is 24.3 Å². The fourth-order valence-corrected chi connectivity index (χ4v) is 2.10. The van der Waals surface area contributed by atoms with Gasteiger partial charge >= 0.3 is 0 Å². The average Bonchev–Trinajstić information content (AvgIpc) is 2.55. The summed E-state index contributed by atoms with van der Waals surface area (Å²) < 4.78 is 0. The molecule has 2 rings (SSSR count). The fraction of sp³-hybridized carbons (Fsp3) is 0.538. The minimum Gasteiger partial charge on any atom is -0.391 e. The molecule has 0 saturated heterocycles. The summed E-state index contributed by atoms with van der Waals surface area (Å²) in [6.45, 7) is 6.05. The van der Waals surface area contributed by atoms with Crippen LogP contribution in [-0.2, 0) is 12.0 Å². The second-order valence-electron chi connectivity index (χ2n) is 3.83. The molecule has 0 fully saturated rings. The number of likely N-dealkylation sites (N-methyl/N-ethyl adjacent to an activating group) is 1. The molecule has 0 aliphatic heterocycles. The van der Waals surface area contributed by atoms with Gasteiger partial charge in [-0.15, -0.1) is 0 Å². The summed E-state index contributed by atoms with van der Waals surface area (Å²) in [4.78, 5) is 0. The number of fused-ring (bicyclic) bond motifs is 1. The van der Waals surface area contributed by atoms with Gasteiger partial charge in [0.2, 0.25) is 0 Å². The summed E-state index contributed by atoms with van der Waals surface area (Å²) in [6.07, 6.45) is 0.447. The maximum Gasteiger partial charge on any atom is 0.0801 e. The number of aliphatic hydroxyl groups excluding tert-OH is 1. The van der Waals surface area contributed by atoms with Crippen LogP contribution in [0, 0.1) is 0 Å². The third kappa shape index (κ3) is 1.92. The van der Waals surface area contributed by atoms with Crippen LogP contribution >= 0.6 is 0 Å². The Bertz CT molecular complexity index is 324. The van der Waals surface area contributed by atoms with E-state index < -0.39 is 0 Å². The minimum absolute atomic E-state index is 0.267. The second-order valence-corrected chi connectivity index (χ2v) is 3.83. The monoisotopic (exact) mass is 207 g/mol. The summed E-state index contributed by atoms with van der Waals surface area (Å²) in [5.74, 6) is 0. The molecule has 1 aliphatic carbocycles. The Morgan fingerprint density at radius 3 is 2.53 bits per heavy atom. The largest absolute Gasteiger partial charge is 0.391 e. The SMILES string of the molecule is CC.CNC1(C)c2ccccc2CC1O. The molecule has 2 N–H and O–H groups in total. The molecule has 15 heavy (non-hydrogen) atoms. The number of hydrogen-bond acceptors (Lipinski definition) is 2. The number of hydrogen-bond donors (Lipinski definition) is 2. The number of benzene rings is 1. The van der Waals surface area contributed by atoms with Gasteiger partial charge in [-0.1, -0.05) is 38.1 Å². The normalized spacial score (nSPS) is 27.9. The highest BCUT2D eigenvalue weighted by Crippen LogP contribution is 2.36. The van der Waals surface area contributed by atoms with E-state index in [0.29, 0.717) is 0 Å². The summed E-state index contributed by atoms with van der Waals surface area (Å²) >= 11 is 0. The van der Waals surface area contributed by atoms with Crippen LogP contribution in [0.1, 0.15) is 31.9 Å². The maximum absolute atomic E-state index is 9.91. The van der Waals surface area contributed by atoms with E-state index in [0.717, 1.165) is 6.42 Å². The first-order valence-corrected chi connectivity index (χ1v) is 5.64. The Kier molecular flexibility index (Phi) is 3.89. The molecule has 0 amide bonds. The van der Waals surface area contributed by atoms with Gasteiger partial charge in [0, 0.05) is 6.42 Å². The molecule has 0 saturated carbocycles. The fourth-order valence-electron chi connectivity index (χ4n) is 2.10. The van der Waals surface area contributed by atoms with Gasteiger partial charge < -0.3 is 10.4 Å². The van der Waals surface area contributed by atoms with Gasteiger partial charge in [0.1, 0.15) is 0 Å². The molecule has 1 aromatic rings. The van der Waals surface area contributed by atoms with Crippen LogP contribution in [0.5, 0.6) is 0 Å². The number of nitrogens with one attached hydrogen (secondary N) is 1. The van der Waals surface area contributed by atoms with E-state index in [1.807, 2.05) is 40.0 Å². The Labute approximate surface area is 92.3 Å². The lowest BCUT2D eigenvalue weighted by molar-refractivity contribution is 0.0893. The summed E-state index contributed by atoms with van der Waals surface area (Å²) in [6, 6.07) is 8.21. The number of rotatable bonds is 1. The molecule has 2 heteroatoms. The highest BCUT2D eigenvalue weighted by Gasteiger charge is 2.40. The zero-order valence-corrected chi connectivity index (χ0v) is 10.0. The van der Waals surface area contributed by atoms with Gasteiger partial charge in [0.05, 0.1) is 11.6 Å². The van der Waals surface area contributed by atoms with Crippen LogP contribution in [-0.4, -0.2) is 18.3 Å². The lowest BCUT2D eigenvalue weighted by Gasteiger charge is -2.28. The van der Waals surface area contributed by atoms with Gasteiger partial charge in [0.15, 0.2) is 0 Å². The van der Waals surface area contributed by atoms with E-state index in [1.165, 1.54) is 11.1 Å². The van der Waals surface area contributed by atoms with E-state index in [-0.39, 0.29) is 11.6 Å². The molecule has 2 unspecified atom stereocenters. The zero-order valence-electron chi connectivity index (χ0n) is 10.0. The van der Waals surface area contributed by atoms with E-state index in [4.69, 9.17) is 0 Å². The smallest absolute Gasteiger partial charge is 0.0801 e. The maximum atomic E-state index is 9.91. The van der Waals surface area contributed by atoms with Crippen molar-refractivity contribution in [2.75, 3.05) is 7.05 Å². The van der Waals surface area contributed by atoms with Crippen molar-refractivity contribution >= 4 is 0 Å². The Morgan fingerprint density at radius 2 is 1.93 bits per heavy atom. The lowest BCUT2D eigenvalue weighted by Crippen LogP contribution is -2.44. The highest BCUT2D eigenvalue weighted by atomic mass is 16.3. The van der Waals surface area contributed by atoms with Crippen molar-refractivity contribution in [1.82, 2.24) is 5.32 Å². The summed E-state index contributed by atoms with van der Waals surface area (Å²) in [7, 11) is 1.89. The highest BCUT2D eigenvalue weighted by molar-refractivity contribution is 5.40. The van der Waals surface area contributed by atoms with E-state index in [2.05, 4.69) is 17.4 Å². The molecule has 0 aromatic heterocycles. The van der Waals surface area contributed by atoms with Crippen LogP contribution in [0.4, 0.5) is 0 Å². The lowest BCUT2D eigenvalue weighted by atomic mass is 9.93. The van der Waals surface area contributed by atoms with Gasteiger partial charge in [-0.3, -0.25) is 0 Å². The number of aliphatic hydroxyl groups is 1. The molecule has 1 aliphatic rings. The zero-order chi connectivity index (χ0) is 11.5. The molecule has 84 valence electrons. The van der Waals surface area contributed by atoms with Crippen molar-refractivity contribution in [1.29, 1.82) is 0 Å². The second kappa shape index (κ2) is 4.77. The van der Waals surface area contributed by atoms with Crippen LogP contribution in [0.25, 0.3) is 0 Å². The summed E-state index contributed by atoms with van der Waals surface area (Å²) in [5.41, 5.74) is 2.22. The van der Waals surface area contributed by atoms with Crippen molar-refractivity contribution in [3.8, 4) is 0 Å². The average molecular weight is 207 g/mol. The Balaban J connectivity index is 0.000000531. The summed E-state index contributed by atoms with van der Waals surface area (Å²) in [5, 5.41) is 13.1. The van der Waals surface area contributed by atoms with Crippen LogP contribution < -0.4 is 5.32 Å². The Morgan fingerprint density at radius 1 is 1.33 bits per heavy atom. The quantitative estimate of drug-likeness (QED) is 0.739. The molecule has 2 nitrogen and oxygen atoms in total. The predicted octanol–water partition coefficient (Wildman–Crippen LogP) is 2.06. The van der Waals surface area contributed by atoms with E-state index >= 15 is 0 Å². The molecule has 0 bridgehead atoms. The van der Waals surface area contributed by atoms with Gasteiger partial charge in [-0.2, -0.15) is 0 Å². The standard InChI is InChI=1S/C11H15NO.C2H6/c1-11(12-2)9-6-4-3-5-8(9)7-10(11)13;1-2/h3-6,10,12-13H,7H2,1-2H3;1-2H3. The third-order valence-electron chi connectivity index (χ3n) is 3.18. The van der Waals surface area contributed by atoms with Gasteiger partial charge in [-0.05, 0) is 25.1 Å². The Hall–Kier alpha value is -0.860. The first kappa shape index (κ1) is 12.2. The molecular weight excluding hydrogens is 186 g/mol. The van der Waals surface area contributed by atoms with Gasteiger partial charge in [0.25, 0.3) is 0 Å². The van der Waals surface area contributed by atoms with Crippen molar-refractivity contribution in [3.63, 3.8) is 0 Å². The molecule has 0 spiro atoms. The minimum atomic E-state index is -0.310. The topological polar surface area (TPSA) is 32.3 Å². The van der Waals surface area contributed by atoms with E-state index in [9.17, 15) is 5.11 Å². The van der Waals surface area contributed by atoms with Crippen molar-refractivity contribution in [2.45, 2.75) is 38.8 Å². The molecule has 0 radical (unpaired) electrons. The van der Waals surface area contributed by atoms with Crippen LogP contribution in [0.3, 0.4) is 0 Å². The van der Waals surface area contributed by atoms with E-state index in [1.54, 1.807) is 0 Å². The molecule has 2 atom stereocenters. The van der Waals surface area contributed by atoms with Crippen molar-refractivity contribution < 1.29 is 5.11 Å². The predicted molar refractivity (Wildman–Crippen MR) is 63.9 cm³/mol. The van der Waals surface area contributed by atoms with Gasteiger partial charge in [-0.25, -0.2) is 0 Å². The molecule has 1 aromatic carbocycles.